The zero-order valence-corrected chi connectivity index (χ0v) is 33.7. The summed E-state index contributed by atoms with van der Waals surface area (Å²) in [5, 5.41) is 63.8. The second-order valence-electron chi connectivity index (χ2n) is 19.7. The maximum absolute atomic E-state index is 16.9. The Balaban J connectivity index is 0.000000177. The summed E-state index contributed by atoms with van der Waals surface area (Å²) >= 11 is 0. The summed E-state index contributed by atoms with van der Waals surface area (Å²) < 4.78 is 64.2. The molecule has 58 heavy (non-hydrogen) atoms. The third kappa shape index (κ3) is 4.93. The minimum atomic E-state index is -2.24. The fourth-order valence-corrected chi connectivity index (χ4v) is 14.5. The maximum Gasteiger partial charge on any atom is 0.190 e. The predicted molar refractivity (Wildman–Crippen MR) is 200 cm³/mol. The molecule has 14 heteroatoms. The van der Waals surface area contributed by atoms with E-state index in [-0.39, 0.29) is 49.7 Å². The number of hydrogen-bond donors (Lipinski definition) is 6. The Kier molecular flexibility index (Phi) is 9.92. The quantitative estimate of drug-likeness (QED) is 0.228. The molecule has 320 valence electrons. The fourth-order valence-electron chi connectivity index (χ4n) is 14.5. The summed E-state index contributed by atoms with van der Waals surface area (Å²) in [6.45, 7) is 7.93. The van der Waals surface area contributed by atoms with Crippen LogP contribution in [0.2, 0.25) is 0 Å². The monoisotopic (exact) mass is 820 g/mol. The number of carbonyl (C=O) groups is 4. The standard InChI is InChI=1S/2C22H28F2O5/c2*1-11-6-13-14-8-16(23)15-7-12(26)4-5-19(15,2)21(14,24)17(27)9-20(13,3)22(11,29)18(28)10-25/h2*4-5,7,11,13-14,16-17,25,27,29H,6,8-10H2,1-3H3. The van der Waals surface area contributed by atoms with Crippen molar-refractivity contribution in [3.8, 4) is 0 Å². The molecule has 0 saturated heterocycles. The van der Waals surface area contributed by atoms with Crippen molar-refractivity contribution in [2.75, 3.05) is 13.2 Å². The smallest absolute Gasteiger partial charge is 0.190 e. The molecule has 0 amide bonds. The number of fused-ring (bicyclic) bond motifs is 10. The van der Waals surface area contributed by atoms with Gasteiger partial charge in [-0.15, -0.1) is 0 Å². The van der Waals surface area contributed by atoms with Crippen LogP contribution in [0, 0.1) is 57.2 Å². The maximum atomic E-state index is 16.9. The Bertz CT molecular complexity index is 1810. The van der Waals surface area contributed by atoms with Crippen LogP contribution >= 0.6 is 0 Å². The van der Waals surface area contributed by atoms with E-state index in [1.807, 2.05) is 0 Å². The molecule has 0 bridgehead atoms. The third-order valence-electron chi connectivity index (χ3n) is 17.6. The summed E-state index contributed by atoms with van der Waals surface area (Å²) in [7, 11) is 0. The van der Waals surface area contributed by atoms with Gasteiger partial charge in [0.05, 0.1) is 12.2 Å². The molecule has 0 spiro atoms. The lowest BCUT2D eigenvalue weighted by Gasteiger charge is -2.63. The molecule has 8 aliphatic rings. The number of halogens is 4. The summed E-state index contributed by atoms with van der Waals surface area (Å²) in [6.07, 6.45) is 0.854. The first kappa shape index (κ1) is 43.2. The highest BCUT2D eigenvalue weighted by atomic mass is 19.2. The minimum Gasteiger partial charge on any atom is -0.390 e. The fraction of sp³-hybridized carbons (Fsp3) is 0.727. The molecule has 18 unspecified atom stereocenters. The molecule has 8 aliphatic carbocycles. The van der Waals surface area contributed by atoms with Crippen molar-refractivity contribution in [3.05, 3.63) is 47.6 Å². The van der Waals surface area contributed by atoms with Gasteiger partial charge in [0.1, 0.15) is 36.8 Å². The molecular weight excluding hydrogens is 764 g/mol. The average molecular weight is 821 g/mol. The largest absolute Gasteiger partial charge is 0.390 e. The van der Waals surface area contributed by atoms with E-state index in [9.17, 15) is 49.8 Å². The highest BCUT2D eigenvalue weighted by molar-refractivity contribution is 6.02. The van der Waals surface area contributed by atoms with E-state index >= 15 is 17.6 Å². The van der Waals surface area contributed by atoms with Crippen molar-refractivity contribution in [3.63, 3.8) is 0 Å². The topological polar surface area (TPSA) is 190 Å². The van der Waals surface area contributed by atoms with Gasteiger partial charge in [0, 0.05) is 33.5 Å². The lowest BCUT2D eigenvalue weighted by Crippen LogP contribution is -2.70. The molecule has 6 saturated carbocycles. The first-order valence-electron chi connectivity index (χ1n) is 20.4. The molecule has 0 aromatic rings. The lowest BCUT2D eigenvalue weighted by atomic mass is 9.44. The van der Waals surface area contributed by atoms with Crippen LogP contribution in [0.5, 0.6) is 0 Å². The van der Waals surface area contributed by atoms with Gasteiger partial charge in [0.25, 0.3) is 0 Å². The van der Waals surface area contributed by atoms with Gasteiger partial charge in [0.15, 0.2) is 34.5 Å². The lowest BCUT2D eigenvalue weighted by molar-refractivity contribution is -0.223. The van der Waals surface area contributed by atoms with Crippen molar-refractivity contribution >= 4 is 23.1 Å². The molecule has 6 N–H and O–H groups in total. The number of carbonyl (C=O) groups excluding carboxylic acids is 4. The van der Waals surface area contributed by atoms with Crippen LogP contribution in [0.1, 0.15) is 80.1 Å². The molecule has 18 atom stereocenters. The molecule has 6 fully saturated rings. The van der Waals surface area contributed by atoms with Gasteiger partial charge in [-0.3, -0.25) is 19.2 Å². The first-order valence-corrected chi connectivity index (χ1v) is 20.4. The van der Waals surface area contributed by atoms with Crippen LogP contribution in [0.25, 0.3) is 0 Å². The van der Waals surface area contributed by atoms with E-state index in [0.29, 0.717) is 0 Å². The van der Waals surface area contributed by atoms with Gasteiger partial charge in [-0.2, -0.15) is 0 Å². The molecule has 0 radical (unpaired) electrons. The molecular formula is C44H56F4O10. The zero-order chi connectivity index (χ0) is 43.1. The van der Waals surface area contributed by atoms with Crippen molar-refractivity contribution in [2.24, 2.45) is 57.2 Å². The highest BCUT2D eigenvalue weighted by Gasteiger charge is 2.78. The zero-order valence-electron chi connectivity index (χ0n) is 33.7. The molecule has 0 aromatic heterocycles. The van der Waals surface area contributed by atoms with Crippen LogP contribution < -0.4 is 0 Å². The van der Waals surface area contributed by atoms with E-state index in [0.717, 1.165) is 12.2 Å². The van der Waals surface area contributed by atoms with Gasteiger partial charge >= 0.3 is 0 Å². The van der Waals surface area contributed by atoms with Crippen molar-refractivity contribution in [2.45, 2.75) is 127 Å². The third-order valence-corrected chi connectivity index (χ3v) is 17.6. The summed E-state index contributed by atoms with van der Waals surface area (Å²) in [5.41, 5.74) is -13.6. The van der Waals surface area contributed by atoms with Gasteiger partial charge in [-0.05, 0) is 111 Å². The predicted octanol–water partition coefficient (Wildman–Crippen LogP) is 3.69. The average Bonchev–Trinajstić information content (AvgIpc) is 3.50. The SMILES string of the molecule is CC1CC2C3CC(F)C4=CC(=O)C=CC4(C)C3(F)C(O)CC2(C)C1(O)C(=O)CO.CC1CC2C3CC(F)C4=CC(=O)C=CC4(C)C3(F)C(O)CC2(C)C1(O)C(=O)CO. The van der Waals surface area contributed by atoms with E-state index in [1.54, 1.807) is 27.7 Å². The van der Waals surface area contributed by atoms with Crippen molar-refractivity contribution in [1.82, 2.24) is 0 Å². The molecule has 8 rings (SSSR count). The van der Waals surface area contributed by atoms with Crippen molar-refractivity contribution < 1.29 is 67.4 Å². The van der Waals surface area contributed by atoms with E-state index in [1.165, 1.54) is 38.2 Å². The Labute approximate surface area is 335 Å². The molecule has 0 aromatic carbocycles. The van der Waals surface area contributed by atoms with Gasteiger partial charge in [-0.1, -0.05) is 39.8 Å². The Morgan fingerprint density at radius 3 is 1.28 bits per heavy atom. The van der Waals surface area contributed by atoms with E-state index in [2.05, 4.69) is 0 Å². The number of aliphatic hydroxyl groups is 6. The number of rotatable bonds is 4. The van der Waals surface area contributed by atoms with Gasteiger partial charge in [0.2, 0.25) is 0 Å². The summed E-state index contributed by atoms with van der Waals surface area (Å²) in [4.78, 5) is 48.7. The number of aliphatic hydroxyl groups excluding tert-OH is 4. The van der Waals surface area contributed by atoms with Crippen molar-refractivity contribution in [1.29, 1.82) is 0 Å². The van der Waals surface area contributed by atoms with Crippen LogP contribution in [-0.2, 0) is 19.2 Å². The van der Waals surface area contributed by atoms with Gasteiger partial charge < -0.3 is 30.6 Å². The summed E-state index contributed by atoms with van der Waals surface area (Å²) in [6, 6.07) is 0. The van der Waals surface area contributed by atoms with E-state index < -0.39 is 141 Å². The van der Waals surface area contributed by atoms with Gasteiger partial charge in [-0.25, -0.2) is 17.6 Å². The number of hydrogen-bond acceptors (Lipinski definition) is 10. The molecule has 0 heterocycles. The molecule has 0 aliphatic heterocycles. The van der Waals surface area contributed by atoms with Crippen LogP contribution in [-0.4, -0.2) is 114 Å². The normalized spacial score (nSPS) is 53.7. The van der Waals surface area contributed by atoms with Crippen LogP contribution in [0.3, 0.4) is 0 Å². The molecule has 10 nitrogen and oxygen atoms in total. The Morgan fingerprint density at radius 2 is 0.966 bits per heavy atom. The van der Waals surface area contributed by atoms with Crippen LogP contribution in [0.4, 0.5) is 17.6 Å². The summed E-state index contributed by atoms with van der Waals surface area (Å²) in [5.74, 6) is -6.49. The first-order chi connectivity index (χ1) is 26.7. The second kappa shape index (κ2) is 13.3. The van der Waals surface area contributed by atoms with Crippen LogP contribution in [0.15, 0.2) is 47.6 Å². The Hall–Kier alpha value is -2.88. The highest BCUT2D eigenvalue weighted by Crippen LogP contribution is 2.72. The number of ketones is 4. The number of allylic oxidation sites excluding steroid dienone is 8. The minimum absolute atomic E-state index is 0.0409. The number of alkyl halides is 4. The second-order valence-corrected chi connectivity index (χ2v) is 19.7. The number of Topliss-reactive ketones (excluding diaryl/α,β-unsaturated/α-hetero) is 2. The Morgan fingerprint density at radius 1 is 0.638 bits per heavy atom. The van der Waals surface area contributed by atoms with E-state index in [4.69, 9.17) is 0 Å².